The van der Waals surface area contributed by atoms with Crippen molar-refractivity contribution in [3.63, 3.8) is 0 Å². The van der Waals surface area contributed by atoms with Crippen LogP contribution in [0.3, 0.4) is 0 Å². The number of carbonyl (C=O) groups excluding carboxylic acids is 1. The summed E-state index contributed by atoms with van der Waals surface area (Å²) < 4.78 is 0. The Hall–Kier alpha value is -2.56. The first-order valence-corrected chi connectivity index (χ1v) is 6.69. The van der Waals surface area contributed by atoms with E-state index < -0.39 is 0 Å². The molecule has 0 spiro atoms. The molecule has 0 unspecified atom stereocenters. The lowest BCUT2D eigenvalue weighted by molar-refractivity contribution is 0.102. The highest BCUT2D eigenvalue weighted by Crippen LogP contribution is 2.16. The summed E-state index contributed by atoms with van der Waals surface area (Å²) in [7, 11) is 7.78. The Kier molecular flexibility index (Phi) is 4.42. The largest absolute Gasteiger partial charge is 0.378 e. The summed E-state index contributed by atoms with van der Waals surface area (Å²) in [6.07, 6.45) is 1.73. The second-order valence-corrected chi connectivity index (χ2v) is 5.19. The second-order valence-electron chi connectivity index (χ2n) is 5.19. The number of nitrogens with one attached hydrogen (secondary N) is 1. The predicted molar refractivity (Wildman–Crippen MR) is 87.3 cm³/mol. The molecular weight excluding hydrogens is 264 g/mol. The smallest absolute Gasteiger partial charge is 0.256 e. The molecule has 2 aromatic rings. The van der Waals surface area contributed by atoms with E-state index in [2.05, 4.69) is 10.3 Å². The van der Waals surface area contributed by atoms with Gasteiger partial charge < -0.3 is 15.1 Å². The van der Waals surface area contributed by atoms with E-state index in [1.165, 1.54) is 0 Å². The van der Waals surface area contributed by atoms with Gasteiger partial charge in [0.2, 0.25) is 0 Å². The fraction of sp³-hybridized carbons (Fsp3) is 0.250. The van der Waals surface area contributed by atoms with Crippen LogP contribution < -0.4 is 15.1 Å². The van der Waals surface area contributed by atoms with Crippen molar-refractivity contribution in [2.45, 2.75) is 0 Å². The summed E-state index contributed by atoms with van der Waals surface area (Å²) in [6, 6.07) is 11.2. The topological polar surface area (TPSA) is 48.5 Å². The number of hydrogen-bond donors (Lipinski definition) is 1. The van der Waals surface area contributed by atoms with E-state index in [4.69, 9.17) is 0 Å². The first kappa shape index (κ1) is 14.8. The van der Waals surface area contributed by atoms with Crippen LogP contribution in [-0.2, 0) is 0 Å². The van der Waals surface area contributed by atoms with Gasteiger partial charge in [0.25, 0.3) is 5.91 Å². The van der Waals surface area contributed by atoms with Gasteiger partial charge in [0.15, 0.2) is 0 Å². The van der Waals surface area contributed by atoms with E-state index in [1.807, 2.05) is 62.3 Å². The summed E-state index contributed by atoms with van der Waals surface area (Å²) in [5.74, 6) is 0.379. The van der Waals surface area contributed by atoms with Gasteiger partial charge in [-0.25, -0.2) is 4.98 Å². The fourth-order valence-corrected chi connectivity index (χ4v) is 1.84. The highest BCUT2D eigenvalue weighted by molar-refractivity contribution is 6.04. The van der Waals surface area contributed by atoms with Gasteiger partial charge in [-0.1, -0.05) is 6.07 Å². The highest BCUT2D eigenvalue weighted by Gasteiger charge is 2.08. The summed E-state index contributed by atoms with van der Waals surface area (Å²) >= 11 is 0. The summed E-state index contributed by atoms with van der Waals surface area (Å²) in [4.78, 5) is 20.4. The van der Waals surface area contributed by atoms with Crippen molar-refractivity contribution in [3.05, 3.63) is 48.2 Å². The number of aromatic nitrogens is 1. The van der Waals surface area contributed by atoms with Gasteiger partial charge in [-0.05, 0) is 30.3 Å². The SMILES string of the molecule is CN(C)c1ccc(NC(=O)c2cccc(N(C)C)c2)nc1. The minimum Gasteiger partial charge on any atom is -0.378 e. The highest BCUT2D eigenvalue weighted by atomic mass is 16.1. The Labute approximate surface area is 125 Å². The molecule has 0 radical (unpaired) electrons. The molecule has 1 N–H and O–H groups in total. The van der Waals surface area contributed by atoms with Gasteiger partial charge in [-0.2, -0.15) is 0 Å². The molecule has 2 rings (SSSR count). The van der Waals surface area contributed by atoms with Crippen molar-refractivity contribution in [1.29, 1.82) is 0 Å². The zero-order valence-corrected chi connectivity index (χ0v) is 12.8. The molecule has 0 saturated carbocycles. The Morgan fingerprint density at radius 1 is 1.00 bits per heavy atom. The fourth-order valence-electron chi connectivity index (χ4n) is 1.84. The standard InChI is InChI=1S/C16H20N4O/c1-19(2)13-7-5-6-12(10-13)16(21)18-15-9-8-14(11-17-15)20(3)4/h5-11H,1-4H3,(H,17,18,21). The third-order valence-electron chi connectivity index (χ3n) is 3.13. The first-order chi connectivity index (χ1) is 9.97. The van der Waals surface area contributed by atoms with Crippen LogP contribution in [0.1, 0.15) is 10.4 Å². The van der Waals surface area contributed by atoms with Gasteiger partial charge >= 0.3 is 0 Å². The maximum atomic E-state index is 12.2. The Bertz CT molecular complexity index is 620. The molecule has 0 saturated heterocycles. The molecule has 1 aromatic carbocycles. The lowest BCUT2D eigenvalue weighted by atomic mass is 10.2. The summed E-state index contributed by atoms with van der Waals surface area (Å²) in [5.41, 5.74) is 2.58. The van der Waals surface area contributed by atoms with E-state index in [1.54, 1.807) is 18.3 Å². The molecule has 0 fully saturated rings. The minimum atomic E-state index is -0.163. The molecular formula is C16H20N4O. The molecule has 5 nitrogen and oxygen atoms in total. The molecule has 0 atom stereocenters. The van der Waals surface area contributed by atoms with Gasteiger partial charge in [0.1, 0.15) is 5.82 Å². The maximum absolute atomic E-state index is 12.2. The third kappa shape index (κ3) is 3.72. The minimum absolute atomic E-state index is 0.163. The van der Waals surface area contributed by atoms with Crippen LogP contribution in [0.4, 0.5) is 17.2 Å². The number of hydrogen-bond acceptors (Lipinski definition) is 4. The quantitative estimate of drug-likeness (QED) is 0.937. The van der Waals surface area contributed by atoms with Crippen molar-refractivity contribution in [1.82, 2.24) is 4.98 Å². The van der Waals surface area contributed by atoms with E-state index in [0.29, 0.717) is 11.4 Å². The molecule has 0 aliphatic carbocycles. The molecule has 0 aliphatic rings. The third-order valence-corrected chi connectivity index (χ3v) is 3.13. The molecule has 1 amide bonds. The average Bonchev–Trinajstić information content (AvgIpc) is 2.48. The van der Waals surface area contributed by atoms with Gasteiger partial charge in [0, 0.05) is 39.4 Å². The van der Waals surface area contributed by atoms with E-state index >= 15 is 0 Å². The Morgan fingerprint density at radius 3 is 2.29 bits per heavy atom. The number of rotatable bonds is 4. The summed E-state index contributed by atoms with van der Waals surface area (Å²) in [6.45, 7) is 0. The predicted octanol–water partition coefficient (Wildman–Crippen LogP) is 2.47. The first-order valence-electron chi connectivity index (χ1n) is 6.69. The number of anilines is 3. The van der Waals surface area contributed by atoms with Crippen LogP contribution in [0, 0.1) is 0 Å². The van der Waals surface area contributed by atoms with E-state index in [-0.39, 0.29) is 5.91 Å². The van der Waals surface area contributed by atoms with Crippen LogP contribution >= 0.6 is 0 Å². The zero-order valence-electron chi connectivity index (χ0n) is 12.8. The number of amides is 1. The van der Waals surface area contributed by atoms with Crippen molar-refractivity contribution in [2.75, 3.05) is 43.3 Å². The van der Waals surface area contributed by atoms with Crippen molar-refractivity contribution in [2.24, 2.45) is 0 Å². The Morgan fingerprint density at radius 2 is 1.71 bits per heavy atom. The number of nitrogens with zero attached hydrogens (tertiary/aromatic N) is 3. The molecule has 1 aromatic heterocycles. The van der Waals surface area contributed by atoms with Crippen molar-refractivity contribution in [3.8, 4) is 0 Å². The molecule has 0 bridgehead atoms. The lowest BCUT2D eigenvalue weighted by Gasteiger charge is -2.14. The number of carbonyl (C=O) groups is 1. The Balaban J connectivity index is 2.12. The van der Waals surface area contributed by atoms with Crippen LogP contribution in [0.2, 0.25) is 0 Å². The van der Waals surface area contributed by atoms with Crippen LogP contribution in [0.15, 0.2) is 42.6 Å². The van der Waals surface area contributed by atoms with E-state index in [9.17, 15) is 4.79 Å². The van der Waals surface area contributed by atoms with E-state index in [0.717, 1.165) is 11.4 Å². The molecule has 110 valence electrons. The zero-order chi connectivity index (χ0) is 15.4. The molecule has 1 heterocycles. The van der Waals surface area contributed by atoms with Gasteiger partial charge in [-0.15, -0.1) is 0 Å². The number of pyridine rings is 1. The van der Waals surface area contributed by atoms with Gasteiger partial charge in [0.05, 0.1) is 11.9 Å². The summed E-state index contributed by atoms with van der Waals surface area (Å²) in [5, 5.41) is 2.80. The van der Waals surface area contributed by atoms with Gasteiger partial charge in [-0.3, -0.25) is 4.79 Å². The van der Waals surface area contributed by atoms with Crippen LogP contribution in [0.5, 0.6) is 0 Å². The maximum Gasteiger partial charge on any atom is 0.256 e. The average molecular weight is 284 g/mol. The number of benzene rings is 1. The normalized spacial score (nSPS) is 10.1. The lowest BCUT2D eigenvalue weighted by Crippen LogP contribution is -2.15. The molecule has 21 heavy (non-hydrogen) atoms. The van der Waals surface area contributed by atoms with Crippen molar-refractivity contribution < 1.29 is 4.79 Å². The van der Waals surface area contributed by atoms with Crippen LogP contribution in [-0.4, -0.2) is 39.1 Å². The van der Waals surface area contributed by atoms with Crippen LogP contribution in [0.25, 0.3) is 0 Å². The second kappa shape index (κ2) is 6.26. The van der Waals surface area contributed by atoms with Crippen molar-refractivity contribution >= 4 is 23.1 Å². The monoisotopic (exact) mass is 284 g/mol. The molecule has 0 aliphatic heterocycles. The molecule has 5 heteroatoms.